The van der Waals surface area contributed by atoms with Gasteiger partial charge in [0.1, 0.15) is 19.3 Å². The highest BCUT2D eigenvalue weighted by atomic mass is 31.2. The summed E-state index contributed by atoms with van der Waals surface area (Å²) < 4.78 is 30.3. The van der Waals surface area contributed by atoms with Gasteiger partial charge in [-0.05, 0) is 76.7 Å². The third kappa shape index (κ3) is 56.2. The van der Waals surface area contributed by atoms with E-state index in [-0.39, 0.29) is 24.9 Å². The van der Waals surface area contributed by atoms with Crippen molar-refractivity contribution in [1.29, 1.82) is 0 Å². The Morgan fingerprint density at radius 2 is 0.813 bits per heavy atom. The first-order chi connectivity index (χ1) is 36.4. The molecule has 0 aromatic rings. The van der Waals surface area contributed by atoms with E-state index in [1.54, 1.807) is 0 Å². The summed E-state index contributed by atoms with van der Waals surface area (Å²) in [5, 5.41) is 3.02. The number of quaternary nitrogens is 1. The Morgan fingerprint density at radius 3 is 1.25 bits per heavy atom. The number of nitrogens with zero attached hydrogens (tertiary/aromatic N) is 1. The molecule has 0 spiro atoms. The van der Waals surface area contributed by atoms with Crippen LogP contribution in [0.15, 0.2) is 60.8 Å². The van der Waals surface area contributed by atoms with E-state index in [0.717, 1.165) is 77.0 Å². The van der Waals surface area contributed by atoms with Crippen LogP contribution < -0.4 is 10.2 Å². The molecule has 0 radical (unpaired) electrons. The number of carbonyl (C=O) groups is 2. The van der Waals surface area contributed by atoms with E-state index in [1.807, 2.05) is 33.3 Å². The van der Waals surface area contributed by atoms with E-state index < -0.39 is 26.6 Å². The SMILES string of the molecule is CCCCC/C=C\C/C=C\C/C=C\C/C=C\CCCCCC(=O)OC(/C=C/CCCCCCCCCCC)C(COP(=O)([O-])OCC[N+](C)(C)C)NC(=O)CCCCCCCCCCCCCCCCCCCCC. The first kappa shape index (κ1) is 72.7. The number of likely N-dealkylation sites (N-methyl/N-ethyl adjacent to an activating group) is 1. The molecule has 0 rings (SSSR count). The van der Waals surface area contributed by atoms with Crippen molar-refractivity contribution in [3.05, 3.63) is 60.8 Å². The quantitative estimate of drug-likeness (QED) is 0.0212. The van der Waals surface area contributed by atoms with Crippen LogP contribution in [0.2, 0.25) is 0 Å². The van der Waals surface area contributed by atoms with Crippen molar-refractivity contribution in [3.63, 3.8) is 0 Å². The summed E-state index contributed by atoms with van der Waals surface area (Å²) in [5.41, 5.74) is 0. The zero-order chi connectivity index (χ0) is 55.0. The Balaban J connectivity index is 5.24. The topological polar surface area (TPSA) is 114 Å². The average Bonchev–Trinajstić information content (AvgIpc) is 3.37. The van der Waals surface area contributed by atoms with Crippen LogP contribution >= 0.6 is 7.82 Å². The summed E-state index contributed by atoms with van der Waals surface area (Å²) in [6.45, 7) is 6.81. The monoisotopic (exact) mass is 1070 g/mol. The van der Waals surface area contributed by atoms with Crippen molar-refractivity contribution in [2.24, 2.45) is 0 Å². The zero-order valence-corrected chi connectivity index (χ0v) is 50.9. The van der Waals surface area contributed by atoms with Gasteiger partial charge in [-0.15, -0.1) is 0 Å². The Labute approximate surface area is 464 Å². The molecule has 10 heteroatoms. The number of amides is 1. The summed E-state index contributed by atoms with van der Waals surface area (Å²) in [6, 6.07) is -0.900. The molecule has 0 aliphatic heterocycles. The molecule has 0 saturated heterocycles. The van der Waals surface area contributed by atoms with Crippen molar-refractivity contribution in [3.8, 4) is 0 Å². The predicted octanol–water partition coefficient (Wildman–Crippen LogP) is 18.8. The highest BCUT2D eigenvalue weighted by molar-refractivity contribution is 7.45. The van der Waals surface area contributed by atoms with Crippen molar-refractivity contribution in [1.82, 2.24) is 5.32 Å². The van der Waals surface area contributed by atoms with Gasteiger partial charge in [0.05, 0.1) is 33.8 Å². The first-order valence-electron chi connectivity index (χ1n) is 31.6. The van der Waals surface area contributed by atoms with Gasteiger partial charge in [0.15, 0.2) is 0 Å². The summed E-state index contributed by atoms with van der Waals surface area (Å²) in [4.78, 5) is 40.0. The van der Waals surface area contributed by atoms with E-state index in [9.17, 15) is 19.0 Å². The zero-order valence-electron chi connectivity index (χ0n) is 50.0. The van der Waals surface area contributed by atoms with Crippen molar-refractivity contribution in [2.45, 2.75) is 303 Å². The third-order valence-electron chi connectivity index (χ3n) is 14.0. The average molecular weight is 1070 g/mol. The maximum absolute atomic E-state index is 13.5. The molecular formula is C65H121N2O7P. The lowest BCUT2D eigenvalue weighted by Gasteiger charge is -2.30. The van der Waals surface area contributed by atoms with Crippen molar-refractivity contribution >= 4 is 19.7 Å². The van der Waals surface area contributed by atoms with Crippen LogP contribution in [0.3, 0.4) is 0 Å². The molecule has 1 amide bonds. The first-order valence-corrected chi connectivity index (χ1v) is 33.1. The van der Waals surface area contributed by atoms with Gasteiger partial charge in [0.2, 0.25) is 5.91 Å². The number of nitrogens with one attached hydrogen (secondary N) is 1. The lowest BCUT2D eigenvalue weighted by atomic mass is 10.0. The second-order valence-corrected chi connectivity index (χ2v) is 24.0. The van der Waals surface area contributed by atoms with Crippen molar-refractivity contribution in [2.75, 3.05) is 40.9 Å². The minimum atomic E-state index is -4.70. The molecule has 0 heterocycles. The standard InChI is InChI=1S/C65H121N2O7P/c1-7-10-13-16-19-22-25-27-29-31-33-35-37-39-42-45-48-51-54-57-64(68)66-62(61-73-75(70,71)72-60-59-67(4,5)6)63(56-53-50-47-44-41-24-21-18-15-12-9-3)74-65(69)58-55-52-49-46-43-40-38-36-34-32-30-28-26-23-20-17-14-11-8-2/h20,23,28,30,34,36,40,43,53,56,62-63H,7-19,21-22,24-27,29,31-33,35,37-39,41-42,44-52,54-55,57-61H2,1-6H3,(H-,66,68,70,71)/b23-20-,30-28-,36-34-,43-40-,56-53+. The molecular weight excluding hydrogens is 952 g/mol. The molecule has 0 aliphatic rings. The molecule has 0 aromatic carbocycles. The van der Waals surface area contributed by atoms with Gasteiger partial charge in [-0.2, -0.15) is 0 Å². The molecule has 0 saturated carbocycles. The van der Waals surface area contributed by atoms with E-state index in [2.05, 4.69) is 74.7 Å². The molecule has 0 fully saturated rings. The molecule has 0 aliphatic carbocycles. The van der Waals surface area contributed by atoms with Gasteiger partial charge in [-0.25, -0.2) is 0 Å². The number of phosphoric acid groups is 1. The van der Waals surface area contributed by atoms with Crippen LogP contribution in [-0.2, 0) is 27.9 Å². The number of ether oxygens (including phenoxy) is 1. The summed E-state index contributed by atoms with van der Waals surface area (Å²) >= 11 is 0. The fourth-order valence-corrected chi connectivity index (χ4v) is 9.76. The number of hydrogen-bond acceptors (Lipinski definition) is 7. The van der Waals surface area contributed by atoms with Gasteiger partial charge in [0, 0.05) is 12.8 Å². The Morgan fingerprint density at radius 1 is 0.467 bits per heavy atom. The van der Waals surface area contributed by atoms with Crippen LogP contribution in [-0.4, -0.2) is 69.4 Å². The summed E-state index contributed by atoms with van der Waals surface area (Å²) in [6.07, 6.45) is 69.0. The van der Waals surface area contributed by atoms with E-state index in [4.69, 9.17) is 13.8 Å². The number of rotatable bonds is 57. The predicted molar refractivity (Wildman–Crippen MR) is 321 cm³/mol. The molecule has 0 aromatic heterocycles. The minimum absolute atomic E-state index is 0.0276. The van der Waals surface area contributed by atoms with Crippen LogP contribution in [0.25, 0.3) is 0 Å². The maximum atomic E-state index is 13.5. The summed E-state index contributed by atoms with van der Waals surface area (Å²) in [5.74, 6) is -0.569. The molecule has 438 valence electrons. The summed E-state index contributed by atoms with van der Waals surface area (Å²) in [7, 11) is 1.17. The smallest absolute Gasteiger partial charge is 0.306 e. The molecule has 75 heavy (non-hydrogen) atoms. The Hall–Kier alpha value is -2.29. The Kier molecular flexibility index (Phi) is 53.4. The number of unbranched alkanes of at least 4 members (excludes halogenated alkanes) is 33. The van der Waals surface area contributed by atoms with Gasteiger partial charge >= 0.3 is 5.97 Å². The normalized spacial score (nSPS) is 14.1. The lowest BCUT2D eigenvalue weighted by molar-refractivity contribution is -0.870. The van der Waals surface area contributed by atoms with Gasteiger partial charge in [-0.1, -0.05) is 262 Å². The van der Waals surface area contributed by atoms with Gasteiger partial charge in [-0.3, -0.25) is 14.2 Å². The number of hydrogen-bond donors (Lipinski definition) is 1. The largest absolute Gasteiger partial charge is 0.756 e. The van der Waals surface area contributed by atoms with Crippen molar-refractivity contribution < 1.29 is 37.3 Å². The molecule has 3 atom stereocenters. The number of esters is 1. The lowest BCUT2D eigenvalue weighted by Crippen LogP contribution is -2.47. The molecule has 9 nitrogen and oxygen atoms in total. The fourth-order valence-electron chi connectivity index (χ4n) is 9.04. The van der Waals surface area contributed by atoms with Crippen LogP contribution in [0.4, 0.5) is 0 Å². The van der Waals surface area contributed by atoms with E-state index in [0.29, 0.717) is 23.9 Å². The van der Waals surface area contributed by atoms with E-state index >= 15 is 0 Å². The number of phosphoric ester groups is 1. The molecule has 1 N–H and O–H groups in total. The highest BCUT2D eigenvalue weighted by Crippen LogP contribution is 2.38. The van der Waals surface area contributed by atoms with Gasteiger partial charge < -0.3 is 28.5 Å². The minimum Gasteiger partial charge on any atom is -0.756 e. The van der Waals surface area contributed by atoms with Crippen LogP contribution in [0.1, 0.15) is 290 Å². The second-order valence-electron chi connectivity index (χ2n) is 22.6. The number of carbonyl (C=O) groups excluding carboxylic acids is 2. The molecule has 3 unspecified atom stereocenters. The fraction of sp³-hybridized carbons (Fsp3) is 0.815. The molecule has 0 bridgehead atoms. The Bertz CT molecular complexity index is 1470. The second kappa shape index (κ2) is 55.0. The highest BCUT2D eigenvalue weighted by Gasteiger charge is 2.27. The number of allylic oxidation sites excluding steroid dienone is 9. The maximum Gasteiger partial charge on any atom is 0.306 e. The van der Waals surface area contributed by atoms with Crippen LogP contribution in [0.5, 0.6) is 0 Å². The van der Waals surface area contributed by atoms with Gasteiger partial charge in [0.25, 0.3) is 7.82 Å². The third-order valence-corrected chi connectivity index (χ3v) is 14.9. The van der Waals surface area contributed by atoms with Crippen LogP contribution in [0, 0.1) is 0 Å². The van der Waals surface area contributed by atoms with E-state index in [1.165, 1.54) is 173 Å².